The van der Waals surface area contributed by atoms with Crippen LogP contribution in [0.1, 0.15) is 23.0 Å². The number of carbonyl (C=O) groups is 1. The van der Waals surface area contributed by atoms with Gasteiger partial charge in [0.2, 0.25) is 0 Å². The lowest BCUT2D eigenvalue weighted by molar-refractivity contribution is 0.0695. The van der Waals surface area contributed by atoms with Crippen LogP contribution in [0.2, 0.25) is 5.15 Å². The Hall–Kier alpha value is -2.34. The minimum absolute atomic E-state index is 0.214. The quantitative estimate of drug-likeness (QED) is 0.777. The molecule has 0 saturated heterocycles. The van der Waals surface area contributed by atoms with Gasteiger partial charge in [0.15, 0.2) is 5.15 Å². The summed E-state index contributed by atoms with van der Waals surface area (Å²) in [5.74, 6) is -0.976. The van der Waals surface area contributed by atoms with Crippen molar-refractivity contribution in [2.45, 2.75) is 13.3 Å². The average molecular weight is 291 g/mol. The highest BCUT2D eigenvalue weighted by molar-refractivity contribution is 6.34. The number of fused-ring (bicyclic) bond motifs is 1. The molecule has 0 atom stereocenters. The minimum atomic E-state index is -0.976. The van der Waals surface area contributed by atoms with Crippen molar-refractivity contribution in [3.05, 3.63) is 40.8 Å². The highest BCUT2D eigenvalue weighted by atomic mass is 35.5. The molecule has 20 heavy (non-hydrogen) atoms. The molecule has 0 saturated carbocycles. The van der Waals surface area contributed by atoms with Gasteiger partial charge in [0, 0.05) is 5.39 Å². The van der Waals surface area contributed by atoms with Crippen LogP contribution in [-0.4, -0.2) is 31.1 Å². The fourth-order valence-corrected chi connectivity index (χ4v) is 2.42. The second-order valence-corrected chi connectivity index (χ2v) is 4.68. The van der Waals surface area contributed by atoms with E-state index in [1.165, 1.54) is 6.20 Å². The molecule has 0 unspecified atom stereocenters. The van der Waals surface area contributed by atoms with E-state index in [9.17, 15) is 4.79 Å². The summed E-state index contributed by atoms with van der Waals surface area (Å²) in [5.41, 5.74) is 2.44. The Bertz CT molecular complexity index is 806. The van der Waals surface area contributed by atoms with Crippen molar-refractivity contribution < 1.29 is 9.90 Å². The number of aromatic amines is 1. The molecular weight excluding hydrogens is 280 g/mol. The van der Waals surface area contributed by atoms with Crippen LogP contribution >= 0.6 is 11.6 Å². The Morgan fingerprint density at radius 2 is 2.30 bits per heavy atom. The Balaban J connectivity index is 2.19. The fraction of sp³-hybridized carbons (Fsp3) is 0.154. The predicted octanol–water partition coefficient (Wildman–Crippen LogP) is 2.66. The van der Waals surface area contributed by atoms with E-state index in [0.717, 1.165) is 16.6 Å². The minimum Gasteiger partial charge on any atom is -0.478 e. The Morgan fingerprint density at radius 3 is 3.00 bits per heavy atom. The highest BCUT2D eigenvalue weighted by Gasteiger charge is 2.16. The van der Waals surface area contributed by atoms with E-state index in [0.29, 0.717) is 17.3 Å². The standard InChI is InChI=1S/C13H11ClN4O2/c1-2-11-9(13(19)20)6-15-18(11)7-3-4-10-8(5-7)12(14)17-16-10/h3-6H,2H2,1H3,(H,16,17)(H,19,20). The number of nitrogens with zero attached hydrogens (tertiary/aromatic N) is 3. The molecule has 0 aliphatic carbocycles. The van der Waals surface area contributed by atoms with Crippen molar-refractivity contribution >= 4 is 28.5 Å². The van der Waals surface area contributed by atoms with Gasteiger partial charge in [0.25, 0.3) is 0 Å². The maximum Gasteiger partial charge on any atom is 0.339 e. The monoisotopic (exact) mass is 290 g/mol. The van der Waals surface area contributed by atoms with Crippen molar-refractivity contribution in [1.29, 1.82) is 0 Å². The largest absolute Gasteiger partial charge is 0.478 e. The smallest absolute Gasteiger partial charge is 0.339 e. The van der Waals surface area contributed by atoms with E-state index in [2.05, 4.69) is 15.3 Å². The number of hydrogen-bond donors (Lipinski definition) is 2. The van der Waals surface area contributed by atoms with Crippen LogP contribution in [0, 0.1) is 0 Å². The number of carboxylic acid groups (broad SMARTS) is 1. The average Bonchev–Trinajstić information content (AvgIpc) is 3.02. The van der Waals surface area contributed by atoms with Gasteiger partial charge in [-0.3, -0.25) is 5.10 Å². The Morgan fingerprint density at radius 1 is 1.50 bits per heavy atom. The Labute approximate surface area is 119 Å². The highest BCUT2D eigenvalue weighted by Crippen LogP contribution is 2.24. The summed E-state index contributed by atoms with van der Waals surface area (Å²) in [5, 5.41) is 21.2. The van der Waals surface area contributed by atoms with Crippen LogP contribution in [0.3, 0.4) is 0 Å². The second kappa shape index (κ2) is 4.64. The number of aromatic carboxylic acids is 1. The third-order valence-electron chi connectivity index (χ3n) is 3.18. The summed E-state index contributed by atoms with van der Waals surface area (Å²) in [7, 11) is 0. The number of nitrogens with one attached hydrogen (secondary N) is 1. The molecule has 0 fully saturated rings. The third kappa shape index (κ3) is 1.85. The number of benzene rings is 1. The molecule has 2 heterocycles. The molecule has 102 valence electrons. The molecule has 3 aromatic rings. The first kappa shape index (κ1) is 12.7. The molecule has 7 heteroatoms. The molecular formula is C13H11ClN4O2. The normalized spacial score (nSPS) is 11.1. The van der Waals surface area contributed by atoms with E-state index in [-0.39, 0.29) is 5.56 Å². The van der Waals surface area contributed by atoms with Gasteiger partial charge < -0.3 is 5.11 Å². The number of halogens is 1. The van der Waals surface area contributed by atoms with Crippen molar-refractivity contribution in [1.82, 2.24) is 20.0 Å². The third-order valence-corrected chi connectivity index (χ3v) is 3.47. The molecule has 3 rings (SSSR count). The SMILES string of the molecule is CCc1c(C(=O)O)cnn1-c1ccc2[nH]nc(Cl)c2c1. The molecule has 0 radical (unpaired) electrons. The molecule has 2 N–H and O–H groups in total. The topological polar surface area (TPSA) is 83.8 Å². The van der Waals surface area contributed by atoms with Crippen molar-refractivity contribution in [2.75, 3.05) is 0 Å². The maximum absolute atomic E-state index is 11.2. The zero-order valence-corrected chi connectivity index (χ0v) is 11.3. The number of carboxylic acids is 1. The Kier molecular flexibility index (Phi) is 2.94. The van der Waals surface area contributed by atoms with Crippen molar-refractivity contribution in [3.63, 3.8) is 0 Å². The zero-order chi connectivity index (χ0) is 14.3. The van der Waals surface area contributed by atoms with Crippen molar-refractivity contribution in [2.24, 2.45) is 0 Å². The summed E-state index contributed by atoms with van der Waals surface area (Å²) in [6.45, 7) is 1.89. The summed E-state index contributed by atoms with van der Waals surface area (Å²) >= 11 is 6.00. The van der Waals surface area contributed by atoms with Crippen LogP contribution in [0.5, 0.6) is 0 Å². The summed E-state index contributed by atoms with van der Waals surface area (Å²) in [4.78, 5) is 11.2. The van der Waals surface area contributed by atoms with Gasteiger partial charge in [0.05, 0.1) is 23.1 Å². The molecule has 6 nitrogen and oxygen atoms in total. The van der Waals surface area contributed by atoms with Gasteiger partial charge in [-0.25, -0.2) is 9.48 Å². The van der Waals surface area contributed by atoms with E-state index < -0.39 is 5.97 Å². The van der Waals surface area contributed by atoms with Crippen LogP contribution in [0.4, 0.5) is 0 Å². The van der Waals surface area contributed by atoms with Gasteiger partial charge in [0.1, 0.15) is 5.56 Å². The van der Waals surface area contributed by atoms with E-state index in [4.69, 9.17) is 16.7 Å². The number of aromatic nitrogens is 4. The zero-order valence-electron chi connectivity index (χ0n) is 10.6. The lowest BCUT2D eigenvalue weighted by atomic mass is 10.2. The van der Waals surface area contributed by atoms with Gasteiger partial charge >= 0.3 is 5.97 Å². The second-order valence-electron chi connectivity index (χ2n) is 4.32. The molecule has 0 bridgehead atoms. The lowest BCUT2D eigenvalue weighted by Gasteiger charge is -2.06. The fourth-order valence-electron chi connectivity index (χ4n) is 2.22. The van der Waals surface area contributed by atoms with Gasteiger partial charge in [-0.05, 0) is 24.6 Å². The number of hydrogen-bond acceptors (Lipinski definition) is 3. The van der Waals surface area contributed by atoms with E-state index >= 15 is 0 Å². The summed E-state index contributed by atoms with van der Waals surface area (Å²) in [6.07, 6.45) is 1.93. The molecule has 0 aliphatic rings. The molecule has 1 aromatic carbocycles. The van der Waals surface area contributed by atoms with Crippen LogP contribution in [0.15, 0.2) is 24.4 Å². The lowest BCUT2D eigenvalue weighted by Crippen LogP contribution is -2.05. The van der Waals surface area contributed by atoms with Crippen LogP contribution in [-0.2, 0) is 6.42 Å². The van der Waals surface area contributed by atoms with Gasteiger partial charge in [-0.2, -0.15) is 10.2 Å². The molecule has 0 amide bonds. The molecule has 0 spiro atoms. The van der Waals surface area contributed by atoms with E-state index in [1.54, 1.807) is 4.68 Å². The maximum atomic E-state index is 11.2. The van der Waals surface area contributed by atoms with Crippen LogP contribution in [0.25, 0.3) is 16.6 Å². The van der Waals surface area contributed by atoms with Crippen LogP contribution < -0.4 is 0 Å². The molecule has 0 aliphatic heterocycles. The first-order chi connectivity index (χ1) is 9.61. The number of rotatable bonds is 3. The predicted molar refractivity (Wildman–Crippen MR) is 74.6 cm³/mol. The van der Waals surface area contributed by atoms with Gasteiger partial charge in [-0.15, -0.1) is 0 Å². The van der Waals surface area contributed by atoms with Crippen molar-refractivity contribution in [3.8, 4) is 5.69 Å². The van der Waals surface area contributed by atoms with Gasteiger partial charge in [-0.1, -0.05) is 18.5 Å². The molecule has 2 aromatic heterocycles. The first-order valence-corrected chi connectivity index (χ1v) is 6.43. The first-order valence-electron chi connectivity index (χ1n) is 6.06. The summed E-state index contributed by atoms with van der Waals surface area (Å²) in [6, 6.07) is 5.51. The number of H-pyrrole nitrogens is 1. The summed E-state index contributed by atoms with van der Waals surface area (Å²) < 4.78 is 1.62. The van der Waals surface area contributed by atoms with E-state index in [1.807, 2.05) is 25.1 Å².